The Morgan fingerprint density at radius 1 is 0.474 bits per heavy atom. The molecule has 178 valence electrons. The molecule has 3 heterocycles. The summed E-state index contributed by atoms with van der Waals surface area (Å²) < 4.78 is 8.79. The van der Waals surface area contributed by atoms with Gasteiger partial charge in [0.2, 0.25) is 0 Å². The molecule has 6 aromatic carbocycles. The summed E-state index contributed by atoms with van der Waals surface area (Å²) in [6.07, 6.45) is 0. The molecule has 38 heavy (non-hydrogen) atoms. The standard InChI is InChI=1S/C36H23NO/c1-20-8-10-26-30-16-23(22-6-4-3-5-7-22)17-31-28-14-25-19-35-29(27-11-9-21(2)13-34(27)38-35)15-24(25)18-33(28)37(36(30)31)32(26)12-20/h3-19H,1-2H3. The summed E-state index contributed by atoms with van der Waals surface area (Å²) in [5.41, 5.74) is 10.7. The molecular weight excluding hydrogens is 462 g/mol. The van der Waals surface area contributed by atoms with Crippen molar-refractivity contribution in [3.63, 3.8) is 0 Å². The smallest absolute Gasteiger partial charge is 0.136 e. The summed E-state index contributed by atoms with van der Waals surface area (Å²) in [5.74, 6) is 0. The number of aromatic nitrogens is 1. The average Bonchev–Trinajstić information content (AvgIpc) is 3.55. The highest BCUT2D eigenvalue weighted by Crippen LogP contribution is 2.43. The van der Waals surface area contributed by atoms with Crippen LogP contribution in [0.3, 0.4) is 0 Å². The normalized spacial score (nSPS) is 12.5. The number of hydrogen-bond donors (Lipinski definition) is 0. The van der Waals surface area contributed by atoms with Gasteiger partial charge in [-0.25, -0.2) is 0 Å². The lowest BCUT2D eigenvalue weighted by Crippen LogP contribution is -1.82. The van der Waals surface area contributed by atoms with Crippen molar-refractivity contribution in [1.82, 2.24) is 4.40 Å². The minimum Gasteiger partial charge on any atom is -0.456 e. The molecule has 0 saturated heterocycles. The van der Waals surface area contributed by atoms with E-state index in [2.05, 4.69) is 121 Å². The maximum absolute atomic E-state index is 6.31. The van der Waals surface area contributed by atoms with Crippen molar-refractivity contribution < 1.29 is 4.42 Å². The fourth-order valence-corrected chi connectivity index (χ4v) is 6.58. The van der Waals surface area contributed by atoms with Crippen LogP contribution in [-0.4, -0.2) is 4.40 Å². The number of rotatable bonds is 1. The molecule has 2 nitrogen and oxygen atoms in total. The van der Waals surface area contributed by atoms with Gasteiger partial charge in [0.15, 0.2) is 0 Å². The Morgan fingerprint density at radius 2 is 1.13 bits per heavy atom. The molecule has 2 heteroatoms. The predicted octanol–water partition coefficient (Wildman–Crippen LogP) is 10.2. The largest absolute Gasteiger partial charge is 0.456 e. The van der Waals surface area contributed by atoms with Crippen molar-refractivity contribution in [2.45, 2.75) is 13.8 Å². The van der Waals surface area contributed by atoms with Crippen molar-refractivity contribution in [2.24, 2.45) is 0 Å². The summed E-state index contributed by atoms with van der Waals surface area (Å²) in [6, 6.07) is 38.0. The molecule has 0 spiro atoms. The second kappa shape index (κ2) is 6.93. The molecule has 9 rings (SSSR count). The van der Waals surface area contributed by atoms with Crippen molar-refractivity contribution in [3.8, 4) is 11.1 Å². The molecule has 0 aliphatic heterocycles. The van der Waals surface area contributed by atoms with E-state index in [1.54, 1.807) is 0 Å². The second-order valence-electron chi connectivity index (χ2n) is 10.8. The van der Waals surface area contributed by atoms with Crippen LogP contribution in [0, 0.1) is 13.8 Å². The van der Waals surface area contributed by atoms with Gasteiger partial charge in [-0.05, 0) is 95.4 Å². The molecule has 0 N–H and O–H groups in total. The number of benzene rings is 6. The van der Waals surface area contributed by atoms with Crippen molar-refractivity contribution in [1.29, 1.82) is 0 Å². The van der Waals surface area contributed by atoms with Gasteiger partial charge in [-0.3, -0.25) is 0 Å². The van der Waals surface area contributed by atoms with Crippen LogP contribution in [-0.2, 0) is 0 Å². The number of furan rings is 1. The van der Waals surface area contributed by atoms with Crippen molar-refractivity contribution >= 4 is 70.8 Å². The maximum Gasteiger partial charge on any atom is 0.136 e. The zero-order valence-electron chi connectivity index (χ0n) is 21.2. The number of aryl methyl sites for hydroxylation is 2. The van der Waals surface area contributed by atoms with Crippen LogP contribution < -0.4 is 0 Å². The minimum absolute atomic E-state index is 0.944. The molecule has 0 saturated carbocycles. The van der Waals surface area contributed by atoms with Gasteiger partial charge in [0, 0.05) is 32.3 Å². The summed E-state index contributed by atoms with van der Waals surface area (Å²) in [4.78, 5) is 0. The third kappa shape index (κ3) is 2.57. The number of fused-ring (bicyclic) bond motifs is 10. The van der Waals surface area contributed by atoms with Gasteiger partial charge >= 0.3 is 0 Å². The fourth-order valence-electron chi connectivity index (χ4n) is 6.58. The molecule has 0 bridgehead atoms. The van der Waals surface area contributed by atoms with Gasteiger partial charge in [0.05, 0.1) is 16.6 Å². The van der Waals surface area contributed by atoms with E-state index in [0.717, 1.165) is 11.2 Å². The lowest BCUT2D eigenvalue weighted by molar-refractivity contribution is 0.669. The maximum atomic E-state index is 6.31. The Hall–Kier alpha value is -4.82. The molecule has 0 aliphatic carbocycles. The fraction of sp³-hybridized carbons (Fsp3) is 0.0556. The van der Waals surface area contributed by atoms with Gasteiger partial charge in [0.1, 0.15) is 11.2 Å². The topological polar surface area (TPSA) is 17.6 Å². The van der Waals surface area contributed by atoms with Gasteiger partial charge in [-0.2, -0.15) is 0 Å². The average molecular weight is 486 g/mol. The van der Waals surface area contributed by atoms with Gasteiger partial charge in [0.25, 0.3) is 0 Å². The van der Waals surface area contributed by atoms with Crippen molar-refractivity contribution in [2.75, 3.05) is 0 Å². The third-order valence-corrected chi connectivity index (χ3v) is 8.36. The third-order valence-electron chi connectivity index (χ3n) is 8.36. The number of nitrogens with zero attached hydrogens (tertiary/aromatic N) is 1. The molecular formula is C36H23NO. The first-order valence-electron chi connectivity index (χ1n) is 13.2. The van der Waals surface area contributed by atoms with Crippen LogP contribution in [0.4, 0.5) is 0 Å². The van der Waals surface area contributed by atoms with Crippen LogP contribution in [0.1, 0.15) is 11.1 Å². The summed E-state index contributed by atoms with van der Waals surface area (Å²) in [6.45, 7) is 4.29. The highest BCUT2D eigenvalue weighted by molar-refractivity contribution is 6.26. The summed E-state index contributed by atoms with van der Waals surface area (Å²) in [7, 11) is 0. The highest BCUT2D eigenvalue weighted by Gasteiger charge is 2.20. The predicted molar refractivity (Wildman–Crippen MR) is 161 cm³/mol. The molecule has 0 aliphatic rings. The Balaban J connectivity index is 1.47. The lowest BCUT2D eigenvalue weighted by atomic mass is 9.98. The zero-order chi connectivity index (χ0) is 25.1. The van der Waals surface area contributed by atoms with E-state index in [4.69, 9.17) is 4.42 Å². The molecule has 0 atom stereocenters. The Bertz CT molecular complexity index is 2400. The van der Waals surface area contributed by atoms with E-state index in [-0.39, 0.29) is 0 Å². The second-order valence-corrected chi connectivity index (χ2v) is 10.8. The zero-order valence-corrected chi connectivity index (χ0v) is 21.2. The first kappa shape index (κ1) is 20.3. The minimum atomic E-state index is 0.944. The monoisotopic (exact) mass is 485 g/mol. The molecule has 0 unspecified atom stereocenters. The molecule has 0 amide bonds. The SMILES string of the molecule is Cc1ccc2c(c1)oc1cc3cc4c5cc(-c6ccccc6)cc6c7ccc(C)cc7n(c4cc3cc12)c65. The van der Waals surface area contributed by atoms with Crippen LogP contribution in [0.5, 0.6) is 0 Å². The van der Waals surface area contributed by atoms with Gasteiger partial charge in [-0.1, -0.05) is 54.6 Å². The van der Waals surface area contributed by atoms with Crippen LogP contribution in [0.15, 0.2) is 108 Å². The first-order valence-corrected chi connectivity index (χ1v) is 13.2. The Labute approximate surface area is 218 Å². The van der Waals surface area contributed by atoms with E-state index in [0.29, 0.717) is 0 Å². The van der Waals surface area contributed by atoms with E-state index < -0.39 is 0 Å². The molecule has 3 aromatic heterocycles. The Kier molecular flexibility index (Phi) is 3.70. The summed E-state index contributed by atoms with van der Waals surface area (Å²) in [5, 5.41) is 9.99. The molecule has 0 radical (unpaired) electrons. The van der Waals surface area contributed by atoms with Crippen LogP contribution in [0.2, 0.25) is 0 Å². The van der Waals surface area contributed by atoms with Crippen molar-refractivity contribution in [3.05, 3.63) is 114 Å². The quantitative estimate of drug-likeness (QED) is 0.226. The lowest BCUT2D eigenvalue weighted by Gasteiger charge is -2.05. The highest BCUT2D eigenvalue weighted by atomic mass is 16.3. The molecule has 0 fully saturated rings. The number of hydrogen-bond acceptors (Lipinski definition) is 1. The summed E-state index contributed by atoms with van der Waals surface area (Å²) >= 11 is 0. The Morgan fingerprint density at radius 3 is 1.97 bits per heavy atom. The van der Waals surface area contributed by atoms with Gasteiger partial charge in [-0.15, -0.1) is 0 Å². The van der Waals surface area contributed by atoms with E-state index in [9.17, 15) is 0 Å². The van der Waals surface area contributed by atoms with E-state index in [1.807, 2.05) is 0 Å². The van der Waals surface area contributed by atoms with E-state index >= 15 is 0 Å². The van der Waals surface area contributed by atoms with Crippen LogP contribution >= 0.6 is 0 Å². The molecule has 9 aromatic rings. The van der Waals surface area contributed by atoms with E-state index in [1.165, 1.54) is 81.9 Å². The van der Waals surface area contributed by atoms with Crippen LogP contribution in [0.25, 0.3) is 81.9 Å². The van der Waals surface area contributed by atoms with Gasteiger partial charge < -0.3 is 8.82 Å². The first-order chi connectivity index (χ1) is 18.6.